The van der Waals surface area contributed by atoms with Crippen molar-refractivity contribution in [3.05, 3.63) is 34.1 Å². The van der Waals surface area contributed by atoms with Gasteiger partial charge < -0.3 is 10.2 Å². The number of hydrogen-bond acceptors (Lipinski definition) is 4. The van der Waals surface area contributed by atoms with Gasteiger partial charge in [0.2, 0.25) is 11.8 Å². The van der Waals surface area contributed by atoms with E-state index in [4.69, 9.17) is 28.9 Å². The second-order valence-corrected chi connectivity index (χ2v) is 9.60. The number of rotatable bonds is 10. The Bertz CT molecular complexity index is 976. The van der Waals surface area contributed by atoms with E-state index in [2.05, 4.69) is 12.2 Å². The van der Waals surface area contributed by atoms with Crippen molar-refractivity contribution < 1.29 is 9.59 Å². The van der Waals surface area contributed by atoms with Crippen molar-refractivity contribution in [2.45, 2.75) is 72.5 Å². The molecule has 7 nitrogen and oxygen atoms in total. The Morgan fingerprint density at radius 2 is 1.81 bits per heavy atom. The van der Waals surface area contributed by atoms with Crippen LogP contribution in [0.2, 0.25) is 5.02 Å². The number of hydrogen-bond donors (Lipinski definition) is 1. The number of halogens is 1. The van der Waals surface area contributed by atoms with Crippen molar-refractivity contribution >= 4 is 35.6 Å². The zero-order chi connectivity index (χ0) is 23.9. The van der Waals surface area contributed by atoms with Gasteiger partial charge in [0.15, 0.2) is 10.6 Å². The molecule has 9 heteroatoms. The molecular weight excluding hydrogens is 446 g/mol. The smallest absolute Gasteiger partial charge is 0.240 e. The fraction of sp³-hybridized carbons (Fsp3) is 0.565. The third-order valence-electron chi connectivity index (χ3n) is 4.88. The second-order valence-electron chi connectivity index (χ2n) is 8.80. The molecule has 0 saturated heterocycles. The van der Waals surface area contributed by atoms with E-state index in [1.54, 1.807) is 9.58 Å². The predicted octanol–water partition coefficient (Wildman–Crippen LogP) is 4.69. The molecule has 1 aromatic heterocycles. The van der Waals surface area contributed by atoms with Crippen molar-refractivity contribution in [1.29, 1.82) is 0 Å². The lowest BCUT2D eigenvalue weighted by Crippen LogP contribution is -2.47. The van der Waals surface area contributed by atoms with E-state index in [9.17, 15) is 9.59 Å². The molecule has 32 heavy (non-hydrogen) atoms. The van der Waals surface area contributed by atoms with Gasteiger partial charge in [-0.3, -0.25) is 14.2 Å². The topological polar surface area (TPSA) is 72.2 Å². The summed E-state index contributed by atoms with van der Waals surface area (Å²) in [6.45, 7) is 11.4. The van der Waals surface area contributed by atoms with Crippen LogP contribution in [0.15, 0.2) is 24.3 Å². The average molecular weight is 480 g/mol. The largest absolute Gasteiger partial charge is 0.350 e. The highest BCUT2D eigenvalue weighted by Crippen LogP contribution is 2.21. The molecule has 1 heterocycles. The Morgan fingerprint density at radius 1 is 1.16 bits per heavy atom. The Hall–Kier alpha value is -2.19. The van der Waals surface area contributed by atoms with Gasteiger partial charge in [0.05, 0.1) is 13.1 Å². The van der Waals surface area contributed by atoms with E-state index in [0.29, 0.717) is 22.9 Å². The number of benzene rings is 1. The van der Waals surface area contributed by atoms with Crippen LogP contribution in [0.4, 0.5) is 0 Å². The van der Waals surface area contributed by atoms with Gasteiger partial charge >= 0.3 is 0 Å². The van der Waals surface area contributed by atoms with E-state index >= 15 is 0 Å². The summed E-state index contributed by atoms with van der Waals surface area (Å²) in [4.78, 5) is 26.6. The fourth-order valence-corrected chi connectivity index (χ4v) is 3.72. The van der Waals surface area contributed by atoms with Crippen molar-refractivity contribution in [2.75, 3.05) is 13.1 Å². The normalized spacial score (nSPS) is 11.4. The molecule has 2 amide bonds. The first-order valence-corrected chi connectivity index (χ1v) is 11.9. The molecule has 0 aliphatic heterocycles. The first kappa shape index (κ1) is 26.1. The number of nitrogens with zero attached hydrogens (tertiary/aromatic N) is 4. The molecule has 0 saturated carbocycles. The second kappa shape index (κ2) is 11.6. The van der Waals surface area contributed by atoms with E-state index in [1.165, 1.54) is 0 Å². The number of aromatic nitrogens is 3. The van der Waals surface area contributed by atoms with Crippen LogP contribution in [0.3, 0.4) is 0 Å². The molecule has 1 aromatic carbocycles. The highest BCUT2D eigenvalue weighted by Gasteiger charge is 2.20. The highest BCUT2D eigenvalue weighted by molar-refractivity contribution is 7.71. The molecule has 0 atom stereocenters. The van der Waals surface area contributed by atoms with Gasteiger partial charge in [-0.2, -0.15) is 5.10 Å². The van der Waals surface area contributed by atoms with Crippen LogP contribution in [0.25, 0.3) is 11.4 Å². The van der Waals surface area contributed by atoms with Crippen LogP contribution in [0.1, 0.15) is 53.9 Å². The number of likely N-dealkylation sites (N-methyl/N-ethyl adjacent to an activating group) is 1. The summed E-state index contributed by atoms with van der Waals surface area (Å²) in [5, 5.41) is 8.27. The van der Waals surface area contributed by atoms with Crippen LogP contribution in [-0.4, -0.2) is 49.7 Å². The standard InChI is InChI=1S/C23H34ClN5O2S/c1-6-8-14-28-21(17-9-11-18(24)12-10-17)26-29(22(28)32)15-13-20(31)27(7-2)16-19(30)25-23(3,4)5/h9-12H,6-8,13-16H2,1-5H3,(H,25,30). The quantitative estimate of drug-likeness (QED) is 0.502. The minimum Gasteiger partial charge on any atom is -0.350 e. The number of carbonyl (C=O) groups excluding carboxylic acids is 2. The van der Waals surface area contributed by atoms with Crippen LogP contribution < -0.4 is 5.32 Å². The minimum atomic E-state index is -0.337. The molecule has 0 bridgehead atoms. The SMILES string of the molecule is CCCCn1c(-c2ccc(Cl)cc2)nn(CCC(=O)N(CC)CC(=O)NC(C)(C)C)c1=S. The van der Waals surface area contributed by atoms with E-state index in [1.807, 2.05) is 56.5 Å². The molecule has 0 spiro atoms. The van der Waals surface area contributed by atoms with E-state index < -0.39 is 0 Å². The van der Waals surface area contributed by atoms with Gasteiger partial charge in [-0.25, -0.2) is 4.68 Å². The Labute approximate surface area is 200 Å². The van der Waals surface area contributed by atoms with Gasteiger partial charge in [-0.1, -0.05) is 24.9 Å². The van der Waals surface area contributed by atoms with Crippen molar-refractivity contribution in [3.8, 4) is 11.4 Å². The lowest BCUT2D eigenvalue weighted by atomic mass is 10.1. The summed E-state index contributed by atoms with van der Waals surface area (Å²) < 4.78 is 4.31. The summed E-state index contributed by atoms with van der Waals surface area (Å²) in [7, 11) is 0. The maximum atomic E-state index is 12.8. The number of unbranched alkanes of at least 4 members (excludes halogenated alkanes) is 1. The number of nitrogens with one attached hydrogen (secondary N) is 1. The summed E-state index contributed by atoms with van der Waals surface area (Å²) in [5.74, 6) is 0.497. The summed E-state index contributed by atoms with van der Waals surface area (Å²) in [6.07, 6.45) is 2.23. The number of carbonyl (C=O) groups is 2. The number of amides is 2. The van der Waals surface area contributed by atoms with Crippen LogP contribution in [0, 0.1) is 4.77 Å². The van der Waals surface area contributed by atoms with Gasteiger partial charge in [0, 0.05) is 35.6 Å². The molecule has 176 valence electrons. The van der Waals surface area contributed by atoms with Crippen LogP contribution >= 0.6 is 23.8 Å². The molecule has 0 fully saturated rings. The first-order chi connectivity index (χ1) is 15.1. The molecule has 0 radical (unpaired) electrons. The summed E-state index contributed by atoms with van der Waals surface area (Å²) in [5.41, 5.74) is 0.589. The van der Waals surface area contributed by atoms with Crippen LogP contribution in [-0.2, 0) is 22.7 Å². The Kier molecular flexibility index (Phi) is 9.46. The molecule has 0 aliphatic rings. The molecule has 2 aromatic rings. The minimum absolute atomic E-state index is 0.0406. The Balaban J connectivity index is 2.16. The number of aryl methyl sites for hydroxylation is 1. The Morgan fingerprint density at radius 3 is 2.38 bits per heavy atom. The molecule has 0 unspecified atom stereocenters. The molecule has 0 aliphatic carbocycles. The average Bonchev–Trinajstić information content (AvgIpc) is 3.03. The lowest BCUT2D eigenvalue weighted by molar-refractivity contribution is -0.136. The van der Waals surface area contributed by atoms with E-state index in [-0.39, 0.29) is 30.3 Å². The van der Waals surface area contributed by atoms with Gasteiger partial charge in [0.25, 0.3) is 0 Å². The van der Waals surface area contributed by atoms with Crippen LogP contribution in [0.5, 0.6) is 0 Å². The van der Waals surface area contributed by atoms with Gasteiger partial charge in [-0.05, 0) is 70.6 Å². The maximum Gasteiger partial charge on any atom is 0.240 e. The molecular formula is C23H34ClN5O2S. The summed E-state index contributed by atoms with van der Waals surface area (Å²) in [6, 6.07) is 7.50. The molecule has 2 rings (SSSR count). The van der Waals surface area contributed by atoms with Crippen molar-refractivity contribution in [2.24, 2.45) is 0 Å². The van der Waals surface area contributed by atoms with Gasteiger partial charge in [-0.15, -0.1) is 0 Å². The van der Waals surface area contributed by atoms with E-state index in [0.717, 1.165) is 30.8 Å². The summed E-state index contributed by atoms with van der Waals surface area (Å²) >= 11 is 11.7. The lowest BCUT2D eigenvalue weighted by Gasteiger charge is -2.25. The van der Waals surface area contributed by atoms with Crippen molar-refractivity contribution in [1.82, 2.24) is 24.6 Å². The zero-order valence-electron chi connectivity index (χ0n) is 19.7. The fourth-order valence-electron chi connectivity index (χ4n) is 3.28. The first-order valence-electron chi connectivity index (χ1n) is 11.1. The monoisotopic (exact) mass is 479 g/mol. The zero-order valence-corrected chi connectivity index (χ0v) is 21.2. The molecule has 1 N–H and O–H groups in total. The van der Waals surface area contributed by atoms with Gasteiger partial charge in [0.1, 0.15) is 0 Å². The highest BCUT2D eigenvalue weighted by atomic mass is 35.5. The third-order valence-corrected chi connectivity index (χ3v) is 5.56. The van der Waals surface area contributed by atoms with Crippen molar-refractivity contribution in [3.63, 3.8) is 0 Å². The third kappa shape index (κ3) is 7.45. The predicted molar refractivity (Wildman–Crippen MR) is 131 cm³/mol. The maximum absolute atomic E-state index is 12.8.